The first kappa shape index (κ1) is 14.7. The van der Waals surface area contributed by atoms with Crippen molar-refractivity contribution in [1.29, 1.82) is 0 Å². The van der Waals surface area contributed by atoms with E-state index >= 15 is 0 Å². The number of rotatable bonds is 3. The molecule has 1 aromatic heterocycles. The molecule has 6 nitrogen and oxygen atoms in total. The Morgan fingerprint density at radius 2 is 2.05 bits per heavy atom. The zero-order valence-electron chi connectivity index (χ0n) is 11.9. The van der Waals surface area contributed by atoms with E-state index in [1.807, 2.05) is 24.3 Å². The number of fused-ring (bicyclic) bond motifs is 1. The van der Waals surface area contributed by atoms with E-state index in [2.05, 4.69) is 4.98 Å². The molecule has 2 amide bonds. The van der Waals surface area contributed by atoms with Crippen LogP contribution in [0.4, 0.5) is 0 Å². The van der Waals surface area contributed by atoms with E-state index < -0.39 is 11.9 Å². The Hall–Kier alpha value is -2.25. The summed E-state index contributed by atoms with van der Waals surface area (Å²) in [6, 6.07) is 7.11. The predicted octanol–water partition coefficient (Wildman–Crippen LogP) is 0.654. The summed E-state index contributed by atoms with van der Waals surface area (Å²) in [4.78, 5) is 30.1. The van der Waals surface area contributed by atoms with E-state index in [9.17, 15) is 9.59 Å². The third-order valence-electron chi connectivity index (χ3n) is 3.78. The molecule has 1 aromatic carbocycles. The molecule has 1 aliphatic heterocycles. The topological polar surface area (TPSA) is 102 Å². The fourth-order valence-corrected chi connectivity index (χ4v) is 3.29. The minimum atomic E-state index is -0.648. The molecular weight excluding hydrogens is 300 g/mol. The van der Waals surface area contributed by atoms with Gasteiger partial charge in [0.1, 0.15) is 16.7 Å². The fraction of sp³-hybridized carbons (Fsp3) is 0.267. The molecule has 0 fully saturated rings. The Labute approximate surface area is 131 Å². The highest BCUT2D eigenvalue weighted by Crippen LogP contribution is 2.25. The zero-order valence-corrected chi connectivity index (χ0v) is 12.7. The van der Waals surface area contributed by atoms with E-state index in [4.69, 9.17) is 11.5 Å². The number of hydrogen-bond acceptors (Lipinski definition) is 5. The van der Waals surface area contributed by atoms with Crippen LogP contribution in [0, 0.1) is 0 Å². The highest BCUT2D eigenvalue weighted by molar-refractivity contribution is 7.09. The van der Waals surface area contributed by atoms with Crippen LogP contribution in [0.3, 0.4) is 0 Å². The SMILES string of the molecule is NCc1nc(C(=O)N2Cc3ccccc3CC2C(N)=O)cs1. The van der Waals surface area contributed by atoms with Crippen LogP contribution in [0.15, 0.2) is 29.6 Å². The van der Waals surface area contributed by atoms with Gasteiger partial charge in [-0.2, -0.15) is 0 Å². The molecule has 7 heteroatoms. The van der Waals surface area contributed by atoms with Gasteiger partial charge in [-0.15, -0.1) is 11.3 Å². The highest BCUT2D eigenvalue weighted by Gasteiger charge is 2.34. The summed E-state index contributed by atoms with van der Waals surface area (Å²) in [6.07, 6.45) is 0.436. The average Bonchev–Trinajstić information content (AvgIpc) is 3.02. The van der Waals surface area contributed by atoms with Gasteiger partial charge in [-0.3, -0.25) is 9.59 Å². The predicted molar refractivity (Wildman–Crippen MR) is 83.0 cm³/mol. The van der Waals surface area contributed by atoms with Crippen molar-refractivity contribution in [3.05, 3.63) is 51.5 Å². The second-order valence-electron chi connectivity index (χ2n) is 5.15. The maximum Gasteiger partial charge on any atom is 0.274 e. The Balaban J connectivity index is 1.93. The molecule has 3 rings (SSSR count). The molecular formula is C15H16N4O2S. The Kier molecular flexibility index (Phi) is 3.91. The van der Waals surface area contributed by atoms with E-state index in [1.54, 1.807) is 5.38 Å². The Morgan fingerprint density at radius 1 is 1.32 bits per heavy atom. The molecule has 0 radical (unpaired) electrons. The summed E-state index contributed by atoms with van der Waals surface area (Å²) in [5.74, 6) is -0.786. The van der Waals surface area contributed by atoms with Gasteiger partial charge in [0.25, 0.3) is 5.91 Å². The minimum Gasteiger partial charge on any atom is -0.368 e. The van der Waals surface area contributed by atoms with Gasteiger partial charge in [-0.1, -0.05) is 24.3 Å². The summed E-state index contributed by atoms with van der Waals surface area (Å²) >= 11 is 1.34. The third kappa shape index (κ3) is 2.60. The highest BCUT2D eigenvalue weighted by atomic mass is 32.1. The van der Waals surface area contributed by atoms with Crippen LogP contribution in [0.1, 0.15) is 26.6 Å². The molecule has 2 aromatic rings. The van der Waals surface area contributed by atoms with Crippen LogP contribution < -0.4 is 11.5 Å². The molecule has 0 bridgehead atoms. The van der Waals surface area contributed by atoms with Crippen LogP contribution in [-0.2, 0) is 24.3 Å². The molecule has 1 atom stereocenters. The Bertz CT molecular complexity index is 728. The number of nitrogens with two attached hydrogens (primary N) is 2. The lowest BCUT2D eigenvalue weighted by Crippen LogP contribution is -2.51. The fourth-order valence-electron chi connectivity index (χ4n) is 2.64. The van der Waals surface area contributed by atoms with Crippen LogP contribution in [0.5, 0.6) is 0 Å². The smallest absolute Gasteiger partial charge is 0.274 e. The van der Waals surface area contributed by atoms with Crippen LogP contribution in [0.2, 0.25) is 0 Å². The Morgan fingerprint density at radius 3 is 2.68 bits per heavy atom. The molecule has 4 N–H and O–H groups in total. The quantitative estimate of drug-likeness (QED) is 0.868. The van der Waals surface area contributed by atoms with Gasteiger partial charge in [0, 0.05) is 24.9 Å². The molecule has 2 heterocycles. The maximum absolute atomic E-state index is 12.7. The van der Waals surface area contributed by atoms with Crippen molar-refractivity contribution in [3.63, 3.8) is 0 Å². The lowest BCUT2D eigenvalue weighted by atomic mass is 9.93. The molecule has 0 spiro atoms. The minimum absolute atomic E-state index is 0.283. The number of carbonyl (C=O) groups is 2. The standard InChI is InChI=1S/C15H16N4O2S/c16-6-13-18-11(8-22-13)15(21)19-7-10-4-2-1-3-9(10)5-12(19)14(17)20/h1-4,8,12H,5-7,16H2,(H2,17,20). The molecule has 1 aliphatic rings. The van der Waals surface area contributed by atoms with Crippen LogP contribution >= 0.6 is 11.3 Å². The van der Waals surface area contributed by atoms with Crippen molar-refractivity contribution in [3.8, 4) is 0 Å². The molecule has 114 valence electrons. The van der Waals surface area contributed by atoms with Gasteiger partial charge >= 0.3 is 0 Å². The first-order chi connectivity index (χ1) is 10.6. The van der Waals surface area contributed by atoms with E-state index in [0.29, 0.717) is 30.2 Å². The summed E-state index contributed by atoms with van der Waals surface area (Å²) in [6.45, 7) is 0.651. The van der Waals surface area contributed by atoms with Crippen molar-refractivity contribution in [2.24, 2.45) is 11.5 Å². The van der Waals surface area contributed by atoms with Crippen LogP contribution in [-0.4, -0.2) is 27.7 Å². The second kappa shape index (κ2) is 5.86. The monoisotopic (exact) mass is 316 g/mol. The number of hydrogen-bond donors (Lipinski definition) is 2. The van der Waals surface area contributed by atoms with Crippen molar-refractivity contribution in [2.75, 3.05) is 0 Å². The van der Waals surface area contributed by atoms with Crippen molar-refractivity contribution < 1.29 is 9.59 Å². The van der Waals surface area contributed by atoms with Gasteiger partial charge in [0.05, 0.1) is 0 Å². The molecule has 22 heavy (non-hydrogen) atoms. The van der Waals surface area contributed by atoms with E-state index in [0.717, 1.165) is 11.1 Å². The largest absolute Gasteiger partial charge is 0.368 e. The van der Waals surface area contributed by atoms with Gasteiger partial charge < -0.3 is 16.4 Å². The number of carbonyl (C=O) groups excluding carboxylic acids is 2. The second-order valence-corrected chi connectivity index (χ2v) is 6.10. The third-order valence-corrected chi connectivity index (χ3v) is 4.65. The van der Waals surface area contributed by atoms with Gasteiger partial charge in [-0.25, -0.2) is 4.98 Å². The van der Waals surface area contributed by atoms with Crippen molar-refractivity contribution in [2.45, 2.75) is 25.6 Å². The molecule has 0 saturated heterocycles. The zero-order chi connectivity index (χ0) is 15.7. The number of amides is 2. The lowest BCUT2D eigenvalue weighted by Gasteiger charge is -2.34. The lowest BCUT2D eigenvalue weighted by molar-refractivity contribution is -0.122. The first-order valence-electron chi connectivity index (χ1n) is 6.91. The van der Waals surface area contributed by atoms with E-state index in [1.165, 1.54) is 16.2 Å². The normalized spacial score (nSPS) is 17.1. The number of aromatic nitrogens is 1. The number of primary amides is 1. The van der Waals surface area contributed by atoms with Gasteiger partial charge in [-0.05, 0) is 11.1 Å². The van der Waals surface area contributed by atoms with Crippen LogP contribution in [0.25, 0.3) is 0 Å². The van der Waals surface area contributed by atoms with Crippen molar-refractivity contribution in [1.82, 2.24) is 9.88 Å². The number of nitrogens with zero attached hydrogens (tertiary/aromatic N) is 2. The molecule has 0 aliphatic carbocycles. The summed E-state index contributed by atoms with van der Waals surface area (Å²) in [7, 11) is 0. The van der Waals surface area contributed by atoms with Crippen molar-refractivity contribution >= 4 is 23.2 Å². The first-order valence-corrected chi connectivity index (χ1v) is 7.79. The van der Waals surface area contributed by atoms with Gasteiger partial charge in [0.2, 0.25) is 5.91 Å². The van der Waals surface area contributed by atoms with E-state index in [-0.39, 0.29) is 5.91 Å². The average molecular weight is 316 g/mol. The molecule has 0 saturated carbocycles. The van der Waals surface area contributed by atoms with Gasteiger partial charge in [0.15, 0.2) is 0 Å². The summed E-state index contributed by atoms with van der Waals surface area (Å²) in [5, 5.41) is 2.36. The summed E-state index contributed by atoms with van der Waals surface area (Å²) < 4.78 is 0. The number of benzene rings is 1. The summed E-state index contributed by atoms with van der Waals surface area (Å²) in [5.41, 5.74) is 13.4. The number of thiazole rings is 1. The maximum atomic E-state index is 12.7. The molecule has 1 unspecified atom stereocenters.